The van der Waals surface area contributed by atoms with Crippen LogP contribution in [0, 0.1) is 5.41 Å². The summed E-state index contributed by atoms with van der Waals surface area (Å²) >= 11 is 5.88. The van der Waals surface area contributed by atoms with E-state index in [9.17, 15) is 0 Å². The molecule has 1 fully saturated rings. The van der Waals surface area contributed by atoms with Crippen molar-refractivity contribution in [3.8, 4) is 5.95 Å². The summed E-state index contributed by atoms with van der Waals surface area (Å²) in [5, 5.41) is 7.34. The van der Waals surface area contributed by atoms with Gasteiger partial charge in [0.25, 0.3) is 5.95 Å². The van der Waals surface area contributed by atoms with Crippen LogP contribution in [0.25, 0.3) is 5.95 Å². The van der Waals surface area contributed by atoms with E-state index in [-0.39, 0.29) is 10.7 Å². The fraction of sp³-hybridized carbons (Fsp3) is 0.500. The van der Waals surface area contributed by atoms with Crippen molar-refractivity contribution in [1.82, 2.24) is 29.7 Å². The average molecular weight is 266 g/mol. The molecule has 1 N–H and O–H groups in total. The highest BCUT2D eigenvalue weighted by Crippen LogP contribution is 2.46. The summed E-state index contributed by atoms with van der Waals surface area (Å²) in [5.74, 6) is 0.824. The fourth-order valence-corrected chi connectivity index (χ4v) is 1.84. The summed E-state index contributed by atoms with van der Waals surface area (Å²) < 4.78 is 1.44. The van der Waals surface area contributed by atoms with Crippen LogP contribution in [0.5, 0.6) is 0 Å². The topological polar surface area (TPSA) is 81.4 Å². The molecule has 0 amide bonds. The van der Waals surface area contributed by atoms with Crippen LogP contribution in [0.15, 0.2) is 12.7 Å². The Morgan fingerprint density at radius 1 is 1.39 bits per heavy atom. The molecule has 0 saturated heterocycles. The minimum atomic E-state index is 0.136. The third-order valence-corrected chi connectivity index (χ3v) is 3.21. The van der Waals surface area contributed by atoms with Crippen molar-refractivity contribution in [3.63, 3.8) is 0 Å². The van der Waals surface area contributed by atoms with Gasteiger partial charge in [-0.05, 0) is 23.4 Å². The molecule has 1 saturated carbocycles. The quantitative estimate of drug-likeness (QED) is 0.901. The lowest BCUT2D eigenvalue weighted by atomic mass is 10.2. The third-order valence-electron chi connectivity index (χ3n) is 3.04. The molecule has 0 aromatic carbocycles. The summed E-state index contributed by atoms with van der Waals surface area (Å²) in [6.45, 7) is 4.37. The summed E-state index contributed by atoms with van der Waals surface area (Å²) in [6, 6.07) is 0.375. The van der Waals surface area contributed by atoms with Crippen molar-refractivity contribution < 1.29 is 0 Å². The largest absolute Gasteiger partial charge is 0.351 e. The molecule has 1 unspecified atom stereocenters. The predicted molar refractivity (Wildman–Crippen MR) is 65.6 cm³/mol. The predicted octanol–water partition coefficient (Wildman–Crippen LogP) is 1.32. The van der Waals surface area contributed by atoms with Crippen molar-refractivity contribution in [1.29, 1.82) is 0 Å². The fourth-order valence-electron chi connectivity index (χ4n) is 1.69. The summed E-state index contributed by atoms with van der Waals surface area (Å²) in [5.41, 5.74) is 0.284. The zero-order chi connectivity index (χ0) is 12.8. The van der Waals surface area contributed by atoms with E-state index in [4.69, 9.17) is 11.6 Å². The van der Waals surface area contributed by atoms with Crippen molar-refractivity contribution in [3.05, 3.63) is 17.9 Å². The monoisotopic (exact) mass is 265 g/mol. The molecule has 7 nitrogen and oxygen atoms in total. The zero-order valence-electron chi connectivity index (χ0n) is 10.0. The molecule has 3 rings (SSSR count). The Morgan fingerprint density at radius 2 is 2.17 bits per heavy atom. The summed E-state index contributed by atoms with van der Waals surface area (Å²) in [7, 11) is 0. The highest BCUT2D eigenvalue weighted by molar-refractivity contribution is 6.28. The van der Waals surface area contributed by atoms with Gasteiger partial charge in [-0.25, -0.2) is 4.98 Å². The van der Waals surface area contributed by atoms with Crippen LogP contribution in [0.4, 0.5) is 5.95 Å². The average Bonchev–Trinajstić information content (AvgIpc) is 2.76. The number of rotatable bonds is 3. The first-order valence-corrected chi connectivity index (χ1v) is 5.95. The molecule has 2 heterocycles. The minimum Gasteiger partial charge on any atom is -0.351 e. The van der Waals surface area contributed by atoms with E-state index in [2.05, 4.69) is 44.2 Å². The van der Waals surface area contributed by atoms with Gasteiger partial charge in [0.15, 0.2) is 0 Å². The maximum atomic E-state index is 5.88. The van der Waals surface area contributed by atoms with Gasteiger partial charge >= 0.3 is 0 Å². The third kappa shape index (κ3) is 2.13. The lowest BCUT2D eigenvalue weighted by Crippen LogP contribution is -2.13. The maximum absolute atomic E-state index is 5.88. The smallest absolute Gasteiger partial charge is 0.258 e. The molecule has 2 aromatic rings. The highest BCUT2D eigenvalue weighted by atomic mass is 35.5. The number of halogens is 1. The van der Waals surface area contributed by atoms with E-state index in [0.717, 1.165) is 6.42 Å². The van der Waals surface area contributed by atoms with Crippen molar-refractivity contribution in [2.24, 2.45) is 5.41 Å². The Kier molecular flexibility index (Phi) is 2.44. The molecular weight excluding hydrogens is 254 g/mol. The van der Waals surface area contributed by atoms with Crippen LogP contribution in [-0.2, 0) is 0 Å². The molecule has 1 atom stereocenters. The van der Waals surface area contributed by atoms with Gasteiger partial charge in [0, 0.05) is 6.04 Å². The molecule has 1 aliphatic rings. The molecule has 0 spiro atoms. The molecule has 8 heteroatoms. The van der Waals surface area contributed by atoms with Gasteiger partial charge in [-0.1, -0.05) is 13.8 Å². The van der Waals surface area contributed by atoms with Crippen LogP contribution in [0.2, 0.25) is 5.28 Å². The molecule has 18 heavy (non-hydrogen) atoms. The number of hydrogen-bond acceptors (Lipinski definition) is 6. The first-order valence-electron chi connectivity index (χ1n) is 5.58. The molecule has 0 bridgehead atoms. The normalized spacial score (nSPS) is 20.7. The van der Waals surface area contributed by atoms with Crippen molar-refractivity contribution >= 4 is 17.5 Å². The van der Waals surface area contributed by atoms with E-state index in [1.807, 2.05) is 0 Å². The van der Waals surface area contributed by atoms with Crippen LogP contribution in [0.1, 0.15) is 20.3 Å². The van der Waals surface area contributed by atoms with Crippen LogP contribution in [-0.4, -0.2) is 35.8 Å². The Morgan fingerprint density at radius 3 is 2.78 bits per heavy atom. The van der Waals surface area contributed by atoms with E-state index in [1.54, 1.807) is 0 Å². The Balaban J connectivity index is 1.87. The van der Waals surface area contributed by atoms with E-state index >= 15 is 0 Å². The molecule has 0 aliphatic heterocycles. The Hall–Kier alpha value is -1.76. The number of nitrogens with zero attached hydrogens (tertiary/aromatic N) is 6. The number of aromatic nitrogens is 6. The van der Waals surface area contributed by atoms with Gasteiger partial charge in [-0.15, -0.1) is 0 Å². The van der Waals surface area contributed by atoms with Crippen LogP contribution < -0.4 is 5.32 Å². The second-order valence-electron chi connectivity index (χ2n) is 4.96. The van der Waals surface area contributed by atoms with Gasteiger partial charge in [0.05, 0.1) is 0 Å². The minimum absolute atomic E-state index is 0.136. The standard InChI is InChI=1S/C10H12ClN7/c1-10(2)3-6(10)14-8-15-7(11)16-9(17-8)18-5-12-4-13-18/h4-6H,3H2,1-2H3,(H,14,15,16,17). The SMILES string of the molecule is CC1(C)CC1Nc1nc(Cl)nc(-n2cncn2)n1. The molecular formula is C10H12ClN7. The van der Waals surface area contributed by atoms with Gasteiger partial charge < -0.3 is 5.32 Å². The second-order valence-corrected chi connectivity index (χ2v) is 5.30. The molecule has 94 valence electrons. The first-order chi connectivity index (χ1) is 8.54. The van der Waals surface area contributed by atoms with E-state index in [1.165, 1.54) is 17.3 Å². The van der Waals surface area contributed by atoms with Crippen LogP contribution in [0.3, 0.4) is 0 Å². The van der Waals surface area contributed by atoms with Crippen molar-refractivity contribution in [2.75, 3.05) is 5.32 Å². The number of hydrogen-bond donors (Lipinski definition) is 1. The van der Waals surface area contributed by atoms with Gasteiger partial charge in [-0.2, -0.15) is 24.7 Å². The number of anilines is 1. The highest BCUT2D eigenvalue weighted by Gasteiger charge is 2.46. The Labute approximate surface area is 109 Å². The summed E-state index contributed by atoms with van der Waals surface area (Å²) in [4.78, 5) is 16.2. The zero-order valence-corrected chi connectivity index (χ0v) is 10.8. The molecule has 1 aliphatic carbocycles. The van der Waals surface area contributed by atoms with E-state index < -0.39 is 0 Å². The van der Waals surface area contributed by atoms with Gasteiger partial charge in [0.2, 0.25) is 11.2 Å². The summed E-state index contributed by atoms with van der Waals surface area (Å²) in [6.07, 6.45) is 4.01. The maximum Gasteiger partial charge on any atom is 0.258 e. The number of nitrogens with one attached hydrogen (secondary N) is 1. The van der Waals surface area contributed by atoms with Gasteiger partial charge in [-0.3, -0.25) is 0 Å². The lowest BCUT2D eigenvalue weighted by Gasteiger charge is -2.07. The molecule has 2 aromatic heterocycles. The van der Waals surface area contributed by atoms with E-state index in [0.29, 0.717) is 17.9 Å². The van der Waals surface area contributed by atoms with Crippen molar-refractivity contribution in [2.45, 2.75) is 26.3 Å². The molecule has 0 radical (unpaired) electrons. The first kappa shape index (κ1) is 11.3. The Bertz CT molecular complexity index is 566. The lowest BCUT2D eigenvalue weighted by molar-refractivity contribution is 0.628. The van der Waals surface area contributed by atoms with Gasteiger partial charge in [0.1, 0.15) is 12.7 Å². The van der Waals surface area contributed by atoms with Crippen LogP contribution >= 0.6 is 11.6 Å². The second kappa shape index (κ2) is 3.88.